The molecule has 0 radical (unpaired) electrons. The topological polar surface area (TPSA) is 79.9 Å². The van der Waals surface area contributed by atoms with Crippen molar-refractivity contribution in [1.82, 2.24) is 9.78 Å². The first-order valence-corrected chi connectivity index (χ1v) is 8.96. The summed E-state index contributed by atoms with van der Waals surface area (Å²) < 4.78 is 56.3. The van der Waals surface area contributed by atoms with E-state index in [4.69, 9.17) is 0 Å². The quantitative estimate of drug-likeness (QED) is 0.593. The van der Waals surface area contributed by atoms with Crippen LogP contribution in [0.5, 0.6) is 5.75 Å². The molecule has 10 heteroatoms. The SMILES string of the molecule is Cc1nn(-c2ccc(F)cc2)c(C)c1C(=O)Nc1ccc(OCC(F)(F)F)c(C#N)c1. The van der Waals surface area contributed by atoms with Crippen molar-refractivity contribution in [1.29, 1.82) is 5.26 Å². The second-order valence-corrected chi connectivity index (χ2v) is 6.61. The number of halogens is 4. The molecule has 1 N–H and O–H groups in total. The van der Waals surface area contributed by atoms with Crippen molar-refractivity contribution >= 4 is 11.6 Å². The van der Waals surface area contributed by atoms with Gasteiger partial charge in [-0.15, -0.1) is 0 Å². The number of alkyl halides is 3. The first kappa shape index (κ1) is 21.8. The fourth-order valence-corrected chi connectivity index (χ4v) is 2.98. The van der Waals surface area contributed by atoms with E-state index in [2.05, 4.69) is 15.2 Å². The lowest BCUT2D eigenvalue weighted by molar-refractivity contribution is -0.153. The monoisotopic (exact) mass is 432 g/mol. The maximum atomic E-state index is 13.2. The average molecular weight is 432 g/mol. The zero-order chi connectivity index (χ0) is 22.8. The number of aromatic nitrogens is 2. The minimum atomic E-state index is -4.54. The highest BCUT2D eigenvalue weighted by molar-refractivity contribution is 6.06. The molecule has 0 fully saturated rings. The van der Waals surface area contributed by atoms with Crippen LogP contribution in [0.3, 0.4) is 0 Å². The smallest absolute Gasteiger partial charge is 0.422 e. The van der Waals surface area contributed by atoms with Crippen LogP contribution in [0.15, 0.2) is 42.5 Å². The number of rotatable bonds is 5. The van der Waals surface area contributed by atoms with Crippen LogP contribution in [0.4, 0.5) is 23.2 Å². The highest BCUT2D eigenvalue weighted by atomic mass is 19.4. The van der Waals surface area contributed by atoms with Gasteiger partial charge in [-0.25, -0.2) is 9.07 Å². The van der Waals surface area contributed by atoms with Gasteiger partial charge in [-0.1, -0.05) is 0 Å². The van der Waals surface area contributed by atoms with E-state index >= 15 is 0 Å². The van der Waals surface area contributed by atoms with Gasteiger partial charge in [0.1, 0.15) is 17.6 Å². The first-order chi connectivity index (χ1) is 14.6. The molecule has 2 aromatic carbocycles. The number of ether oxygens (including phenoxy) is 1. The summed E-state index contributed by atoms with van der Waals surface area (Å²) in [5.74, 6) is -1.16. The second kappa shape index (κ2) is 8.47. The summed E-state index contributed by atoms with van der Waals surface area (Å²) in [6.45, 7) is 1.78. The normalized spacial score (nSPS) is 11.1. The summed E-state index contributed by atoms with van der Waals surface area (Å²) in [5.41, 5.74) is 1.82. The van der Waals surface area contributed by atoms with Crippen molar-refractivity contribution in [3.63, 3.8) is 0 Å². The van der Waals surface area contributed by atoms with E-state index in [0.29, 0.717) is 17.1 Å². The number of nitrogens with zero attached hydrogens (tertiary/aromatic N) is 3. The van der Waals surface area contributed by atoms with Gasteiger partial charge in [-0.2, -0.15) is 23.5 Å². The average Bonchev–Trinajstić information content (AvgIpc) is 3.00. The van der Waals surface area contributed by atoms with Crippen molar-refractivity contribution in [3.8, 4) is 17.5 Å². The van der Waals surface area contributed by atoms with Gasteiger partial charge in [0.2, 0.25) is 0 Å². The number of amides is 1. The van der Waals surface area contributed by atoms with E-state index < -0.39 is 24.5 Å². The molecule has 31 heavy (non-hydrogen) atoms. The van der Waals surface area contributed by atoms with Crippen molar-refractivity contribution < 1.29 is 27.1 Å². The Hall–Kier alpha value is -3.87. The van der Waals surface area contributed by atoms with E-state index in [-0.39, 0.29) is 22.6 Å². The largest absolute Gasteiger partial charge is 0.483 e. The van der Waals surface area contributed by atoms with Crippen molar-refractivity contribution in [2.75, 3.05) is 11.9 Å². The second-order valence-electron chi connectivity index (χ2n) is 6.61. The first-order valence-electron chi connectivity index (χ1n) is 8.96. The van der Waals surface area contributed by atoms with Gasteiger partial charge >= 0.3 is 6.18 Å². The molecule has 3 aromatic rings. The van der Waals surface area contributed by atoms with Gasteiger partial charge in [0.15, 0.2) is 6.61 Å². The third kappa shape index (κ3) is 5.01. The minimum absolute atomic E-state index is 0.155. The van der Waals surface area contributed by atoms with Gasteiger partial charge < -0.3 is 10.1 Å². The van der Waals surface area contributed by atoms with Gasteiger partial charge in [-0.05, 0) is 56.3 Å². The van der Waals surface area contributed by atoms with Crippen molar-refractivity contribution in [2.24, 2.45) is 0 Å². The molecular formula is C21H16F4N4O2. The minimum Gasteiger partial charge on any atom is -0.483 e. The van der Waals surface area contributed by atoms with Crippen LogP contribution in [0.2, 0.25) is 0 Å². The summed E-state index contributed by atoms with van der Waals surface area (Å²) >= 11 is 0. The molecular weight excluding hydrogens is 416 g/mol. The van der Waals surface area contributed by atoms with Crippen LogP contribution in [-0.4, -0.2) is 28.5 Å². The number of nitriles is 1. The van der Waals surface area contributed by atoms with Crippen LogP contribution in [0.1, 0.15) is 27.3 Å². The number of carbonyl (C=O) groups excluding carboxylic acids is 1. The Morgan fingerprint density at radius 1 is 1.19 bits per heavy atom. The zero-order valence-electron chi connectivity index (χ0n) is 16.4. The number of hydrogen-bond acceptors (Lipinski definition) is 4. The summed E-state index contributed by atoms with van der Waals surface area (Å²) in [6, 6.07) is 11.1. The molecule has 1 aromatic heterocycles. The molecule has 0 aliphatic heterocycles. The predicted octanol–water partition coefficient (Wildman–Crippen LogP) is 4.69. The van der Waals surface area contributed by atoms with Gasteiger partial charge in [-0.3, -0.25) is 4.79 Å². The van der Waals surface area contributed by atoms with Crippen LogP contribution >= 0.6 is 0 Å². The van der Waals surface area contributed by atoms with Gasteiger partial charge in [0.25, 0.3) is 5.91 Å². The third-order valence-corrected chi connectivity index (χ3v) is 4.34. The molecule has 0 bridgehead atoms. The van der Waals surface area contributed by atoms with E-state index in [1.165, 1.54) is 47.1 Å². The molecule has 1 heterocycles. The van der Waals surface area contributed by atoms with Crippen molar-refractivity contribution in [3.05, 3.63) is 70.8 Å². The summed E-state index contributed by atoms with van der Waals surface area (Å²) in [6.07, 6.45) is -4.54. The Balaban J connectivity index is 1.83. The van der Waals surface area contributed by atoms with E-state index in [0.717, 1.165) is 0 Å². The van der Waals surface area contributed by atoms with Gasteiger partial charge in [0, 0.05) is 5.69 Å². The molecule has 0 saturated carbocycles. The maximum Gasteiger partial charge on any atom is 0.422 e. The van der Waals surface area contributed by atoms with E-state index in [1.54, 1.807) is 19.9 Å². The van der Waals surface area contributed by atoms with Crippen LogP contribution < -0.4 is 10.1 Å². The predicted molar refractivity (Wildman–Crippen MR) is 104 cm³/mol. The highest BCUT2D eigenvalue weighted by Crippen LogP contribution is 2.26. The summed E-state index contributed by atoms with van der Waals surface area (Å²) in [5, 5.41) is 16.1. The van der Waals surface area contributed by atoms with Crippen LogP contribution in [0, 0.1) is 31.0 Å². The lowest BCUT2D eigenvalue weighted by atomic mass is 10.1. The Bertz CT molecular complexity index is 1160. The molecule has 0 unspecified atom stereocenters. The highest BCUT2D eigenvalue weighted by Gasteiger charge is 2.29. The summed E-state index contributed by atoms with van der Waals surface area (Å²) in [7, 11) is 0. The van der Waals surface area contributed by atoms with Gasteiger partial charge in [0.05, 0.1) is 28.2 Å². The third-order valence-electron chi connectivity index (χ3n) is 4.34. The number of hydrogen-bond donors (Lipinski definition) is 1. The number of anilines is 1. The number of aryl methyl sites for hydroxylation is 1. The Morgan fingerprint density at radius 2 is 1.87 bits per heavy atom. The number of benzene rings is 2. The molecule has 0 atom stereocenters. The fraction of sp³-hybridized carbons (Fsp3) is 0.190. The lowest BCUT2D eigenvalue weighted by Gasteiger charge is -2.12. The molecule has 160 valence electrons. The molecule has 0 aliphatic rings. The fourth-order valence-electron chi connectivity index (χ4n) is 2.98. The van der Waals surface area contributed by atoms with E-state index in [1.807, 2.05) is 0 Å². The molecule has 0 saturated heterocycles. The molecule has 0 spiro atoms. The molecule has 0 aliphatic carbocycles. The Morgan fingerprint density at radius 3 is 2.48 bits per heavy atom. The maximum absolute atomic E-state index is 13.2. The molecule has 6 nitrogen and oxygen atoms in total. The standard InChI is InChI=1S/C21H16F4N4O2/c1-12-19(13(2)29(28-12)17-6-3-15(22)4-7-17)20(30)27-16-5-8-18(14(9-16)10-26)31-11-21(23,24)25/h3-9H,11H2,1-2H3,(H,27,30). The molecule has 3 rings (SSSR count). The molecule has 1 amide bonds. The Kier molecular flexibility index (Phi) is 5.97. The van der Waals surface area contributed by atoms with Crippen LogP contribution in [0.25, 0.3) is 5.69 Å². The zero-order valence-corrected chi connectivity index (χ0v) is 16.4. The Labute approximate surface area is 174 Å². The van der Waals surface area contributed by atoms with Crippen molar-refractivity contribution in [2.45, 2.75) is 20.0 Å². The van der Waals surface area contributed by atoms with Crippen LogP contribution in [-0.2, 0) is 0 Å². The van der Waals surface area contributed by atoms with E-state index in [9.17, 15) is 27.6 Å². The lowest BCUT2D eigenvalue weighted by Crippen LogP contribution is -2.19. The number of nitrogens with one attached hydrogen (secondary N) is 1. The summed E-state index contributed by atoms with van der Waals surface area (Å²) in [4.78, 5) is 12.8. The number of carbonyl (C=O) groups is 1.